The highest BCUT2D eigenvalue weighted by molar-refractivity contribution is 5.69. The molecule has 1 heterocycles. The average molecular weight is 330 g/mol. The third-order valence-electron chi connectivity index (χ3n) is 5.19. The lowest BCUT2D eigenvalue weighted by Crippen LogP contribution is -2.56. The first-order chi connectivity index (χ1) is 11.4. The molecule has 2 atom stereocenters. The largest absolute Gasteiger partial charge is 0.444 e. The predicted octanol–water partition coefficient (Wildman–Crippen LogP) is 3.96. The Morgan fingerprint density at radius 2 is 2.04 bits per heavy atom. The number of fused-ring (bicyclic) bond motifs is 1. The second kappa shape index (κ2) is 6.75. The predicted molar refractivity (Wildman–Crippen MR) is 95.8 cm³/mol. The highest BCUT2D eigenvalue weighted by Gasteiger charge is 2.49. The van der Waals surface area contributed by atoms with Crippen molar-refractivity contribution in [2.24, 2.45) is 5.92 Å². The molecule has 0 bridgehead atoms. The van der Waals surface area contributed by atoms with Gasteiger partial charge >= 0.3 is 6.09 Å². The molecular weight excluding hydrogens is 300 g/mol. The highest BCUT2D eigenvalue weighted by atomic mass is 16.6. The summed E-state index contributed by atoms with van der Waals surface area (Å²) < 4.78 is 5.53. The van der Waals surface area contributed by atoms with E-state index in [1.807, 2.05) is 20.8 Å². The van der Waals surface area contributed by atoms with Crippen LogP contribution in [0, 0.1) is 5.92 Å². The van der Waals surface area contributed by atoms with Gasteiger partial charge in [-0.3, -0.25) is 4.90 Å². The molecule has 4 heteroatoms. The lowest BCUT2D eigenvalue weighted by atomic mass is 9.75. The molecule has 1 saturated carbocycles. The van der Waals surface area contributed by atoms with E-state index in [0.29, 0.717) is 5.92 Å². The fourth-order valence-electron chi connectivity index (χ4n) is 4.23. The van der Waals surface area contributed by atoms with Crippen LogP contribution in [0.15, 0.2) is 30.3 Å². The number of carbonyl (C=O) groups excluding carboxylic acids is 1. The Morgan fingerprint density at radius 3 is 2.75 bits per heavy atom. The quantitative estimate of drug-likeness (QED) is 0.912. The summed E-state index contributed by atoms with van der Waals surface area (Å²) in [5.74, 6) is 0.530. The molecule has 0 aromatic heterocycles. The van der Waals surface area contributed by atoms with Crippen LogP contribution in [0.25, 0.3) is 0 Å². The van der Waals surface area contributed by atoms with E-state index in [9.17, 15) is 4.79 Å². The molecule has 0 radical (unpaired) electrons. The Hall–Kier alpha value is -1.55. The number of benzene rings is 1. The number of hydrogen-bond donors (Lipinski definition) is 1. The van der Waals surface area contributed by atoms with E-state index in [-0.39, 0.29) is 11.6 Å². The van der Waals surface area contributed by atoms with Gasteiger partial charge in [-0.15, -0.1) is 0 Å². The van der Waals surface area contributed by atoms with Crippen LogP contribution in [-0.2, 0) is 11.3 Å². The van der Waals surface area contributed by atoms with Gasteiger partial charge in [-0.25, -0.2) is 4.79 Å². The van der Waals surface area contributed by atoms with E-state index in [0.717, 1.165) is 26.1 Å². The van der Waals surface area contributed by atoms with Gasteiger partial charge in [0.25, 0.3) is 0 Å². The van der Waals surface area contributed by atoms with Crippen molar-refractivity contribution in [2.75, 3.05) is 13.1 Å². The van der Waals surface area contributed by atoms with E-state index in [4.69, 9.17) is 4.74 Å². The molecule has 3 rings (SSSR count). The molecule has 2 aliphatic rings. The molecule has 1 aliphatic carbocycles. The summed E-state index contributed by atoms with van der Waals surface area (Å²) >= 11 is 0. The van der Waals surface area contributed by atoms with Crippen LogP contribution in [0.2, 0.25) is 0 Å². The minimum atomic E-state index is -0.451. The molecule has 1 N–H and O–H groups in total. The third-order valence-corrected chi connectivity index (χ3v) is 5.19. The van der Waals surface area contributed by atoms with Crippen molar-refractivity contribution in [2.45, 2.75) is 64.1 Å². The molecule has 4 nitrogen and oxygen atoms in total. The maximum Gasteiger partial charge on any atom is 0.408 e. The summed E-state index contributed by atoms with van der Waals surface area (Å²) in [5, 5.41) is 3.26. The Labute approximate surface area is 145 Å². The number of nitrogens with zero attached hydrogens (tertiary/aromatic N) is 1. The molecule has 1 aromatic carbocycles. The molecule has 0 spiro atoms. The highest BCUT2D eigenvalue weighted by Crippen LogP contribution is 2.40. The summed E-state index contributed by atoms with van der Waals surface area (Å²) in [6.45, 7) is 8.68. The number of alkyl carbamates (subject to hydrolysis) is 1. The second-order valence-electron chi connectivity index (χ2n) is 8.38. The smallest absolute Gasteiger partial charge is 0.408 e. The maximum atomic E-state index is 12.4. The van der Waals surface area contributed by atoms with E-state index in [1.54, 1.807) is 0 Å². The summed E-state index contributed by atoms with van der Waals surface area (Å²) in [7, 11) is 0. The van der Waals surface area contributed by atoms with Crippen LogP contribution in [0.5, 0.6) is 0 Å². The normalized spacial score (nSPS) is 27.5. The van der Waals surface area contributed by atoms with Crippen LogP contribution in [-0.4, -0.2) is 35.2 Å². The van der Waals surface area contributed by atoms with Crippen LogP contribution >= 0.6 is 0 Å². The van der Waals surface area contributed by atoms with Crippen LogP contribution in [0.1, 0.15) is 52.0 Å². The summed E-state index contributed by atoms with van der Waals surface area (Å²) in [4.78, 5) is 14.9. The summed E-state index contributed by atoms with van der Waals surface area (Å²) in [6.07, 6.45) is 4.44. The molecule has 1 saturated heterocycles. The van der Waals surface area contributed by atoms with E-state index >= 15 is 0 Å². The monoisotopic (exact) mass is 330 g/mol. The minimum Gasteiger partial charge on any atom is -0.444 e. The fourth-order valence-corrected chi connectivity index (χ4v) is 4.23. The standard InChI is InChI=1S/C20H30N2O2/c1-19(2,3)24-18(23)21-20-12-8-7-11-17(20)14-22(15-20)13-16-9-5-4-6-10-16/h4-6,9-10,17H,7-8,11-15H2,1-3H3,(H,21,23). The van der Waals surface area contributed by atoms with E-state index in [2.05, 4.69) is 40.5 Å². The first-order valence-electron chi connectivity index (χ1n) is 9.14. The second-order valence-corrected chi connectivity index (χ2v) is 8.38. The van der Waals surface area contributed by atoms with Gasteiger partial charge in [0.05, 0.1) is 5.54 Å². The maximum absolute atomic E-state index is 12.4. The first-order valence-corrected chi connectivity index (χ1v) is 9.14. The summed E-state index contributed by atoms with van der Waals surface area (Å²) in [6, 6.07) is 10.6. The molecule has 24 heavy (non-hydrogen) atoms. The average Bonchev–Trinajstić information content (AvgIpc) is 2.83. The lowest BCUT2D eigenvalue weighted by Gasteiger charge is -2.39. The number of amides is 1. The SMILES string of the molecule is CC(C)(C)OC(=O)NC12CCCCC1CN(Cc1ccccc1)C2. The van der Waals surface area contributed by atoms with Crippen molar-refractivity contribution in [1.82, 2.24) is 10.2 Å². The number of rotatable bonds is 3. The van der Waals surface area contributed by atoms with Gasteiger partial charge in [0.2, 0.25) is 0 Å². The van der Waals surface area contributed by atoms with E-state index < -0.39 is 5.60 Å². The molecule has 1 aromatic rings. The minimum absolute atomic E-state index is 0.116. The van der Waals surface area contributed by atoms with Crippen molar-refractivity contribution in [3.05, 3.63) is 35.9 Å². The van der Waals surface area contributed by atoms with Crippen molar-refractivity contribution in [1.29, 1.82) is 0 Å². The Bertz CT molecular complexity index is 567. The van der Waals surface area contributed by atoms with Crippen molar-refractivity contribution >= 4 is 6.09 Å². The third kappa shape index (κ3) is 4.10. The zero-order valence-corrected chi connectivity index (χ0v) is 15.2. The zero-order chi connectivity index (χ0) is 17.2. The molecule has 132 valence electrons. The molecule has 2 unspecified atom stereocenters. The topological polar surface area (TPSA) is 41.6 Å². The molecule has 1 aliphatic heterocycles. The van der Waals surface area contributed by atoms with Gasteiger partial charge in [0.15, 0.2) is 0 Å². The number of nitrogens with one attached hydrogen (secondary N) is 1. The lowest BCUT2D eigenvalue weighted by molar-refractivity contribution is 0.0399. The van der Waals surface area contributed by atoms with Crippen molar-refractivity contribution in [3.8, 4) is 0 Å². The molecule has 1 amide bonds. The Balaban J connectivity index is 1.69. The van der Waals surface area contributed by atoms with Crippen molar-refractivity contribution in [3.63, 3.8) is 0 Å². The van der Waals surface area contributed by atoms with Crippen LogP contribution in [0.4, 0.5) is 4.79 Å². The number of carbonyl (C=O) groups is 1. The molecule has 2 fully saturated rings. The van der Waals surface area contributed by atoms with Gasteiger partial charge in [0.1, 0.15) is 5.60 Å². The fraction of sp³-hybridized carbons (Fsp3) is 0.650. The first kappa shape index (κ1) is 17.3. The van der Waals surface area contributed by atoms with Gasteiger partial charge < -0.3 is 10.1 Å². The summed E-state index contributed by atoms with van der Waals surface area (Å²) in [5.41, 5.74) is 0.770. The van der Waals surface area contributed by atoms with Gasteiger partial charge in [-0.05, 0) is 45.1 Å². The van der Waals surface area contributed by atoms with Gasteiger partial charge in [-0.2, -0.15) is 0 Å². The zero-order valence-electron chi connectivity index (χ0n) is 15.2. The Kier molecular flexibility index (Phi) is 4.86. The van der Waals surface area contributed by atoms with Crippen LogP contribution in [0.3, 0.4) is 0 Å². The Morgan fingerprint density at radius 1 is 1.29 bits per heavy atom. The van der Waals surface area contributed by atoms with Gasteiger partial charge in [-0.1, -0.05) is 43.2 Å². The number of ether oxygens (including phenoxy) is 1. The van der Waals surface area contributed by atoms with E-state index in [1.165, 1.54) is 24.8 Å². The van der Waals surface area contributed by atoms with Crippen LogP contribution < -0.4 is 5.32 Å². The number of likely N-dealkylation sites (tertiary alicyclic amines) is 1. The number of hydrogen-bond acceptors (Lipinski definition) is 3. The van der Waals surface area contributed by atoms with Crippen molar-refractivity contribution < 1.29 is 9.53 Å². The molecular formula is C20H30N2O2. The van der Waals surface area contributed by atoms with Gasteiger partial charge in [0, 0.05) is 19.6 Å².